The standard InChI is InChI=1S/C14H10FNO3/c15-11-8-16-4-3-10(11)14(17)9-1-2-12-13(7-9)19-6-5-18-12/h1-4,7-8H,5-6H2. The number of ether oxygens (including phenoxy) is 2. The molecule has 0 bridgehead atoms. The zero-order chi connectivity index (χ0) is 13.2. The Bertz CT molecular complexity index is 642. The van der Waals surface area contributed by atoms with Gasteiger partial charge in [-0.1, -0.05) is 0 Å². The molecule has 0 radical (unpaired) electrons. The minimum absolute atomic E-state index is 0.00771. The summed E-state index contributed by atoms with van der Waals surface area (Å²) in [4.78, 5) is 15.8. The lowest BCUT2D eigenvalue weighted by Crippen LogP contribution is -2.16. The maximum atomic E-state index is 13.5. The molecule has 4 nitrogen and oxygen atoms in total. The number of ketones is 1. The minimum Gasteiger partial charge on any atom is -0.486 e. The van der Waals surface area contributed by atoms with Crippen molar-refractivity contribution in [3.05, 3.63) is 53.6 Å². The van der Waals surface area contributed by atoms with Gasteiger partial charge in [0, 0.05) is 11.8 Å². The molecule has 0 unspecified atom stereocenters. The second kappa shape index (κ2) is 4.68. The molecule has 0 aliphatic carbocycles. The number of pyridine rings is 1. The Morgan fingerprint density at radius 2 is 1.95 bits per heavy atom. The lowest BCUT2D eigenvalue weighted by molar-refractivity contribution is 0.103. The van der Waals surface area contributed by atoms with Crippen molar-refractivity contribution in [3.63, 3.8) is 0 Å². The van der Waals surface area contributed by atoms with E-state index in [1.807, 2.05) is 0 Å². The van der Waals surface area contributed by atoms with Gasteiger partial charge < -0.3 is 9.47 Å². The first-order chi connectivity index (χ1) is 9.25. The van der Waals surface area contributed by atoms with Crippen molar-refractivity contribution >= 4 is 5.78 Å². The summed E-state index contributed by atoms with van der Waals surface area (Å²) in [5, 5.41) is 0. The third kappa shape index (κ3) is 2.14. The number of benzene rings is 1. The van der Waals surface area contributed by atoms with Gasteiger partial charge >= 0.3 is 0 Å². The van der Waals surface area contributed by atoms with E-state index in [1.165, 1.54) is 12.3 Å². The highest BCUT2D eigenvalue weighted by Crippen LogP contribution is 2.31. The summed E-state index contributed by atoms with van der Waals surface area (Å²) in [6.45, 7) is 0.924. The number of aromatic nitrogens is 1. The molecular formula is C14H10FNO3. The lowest BCUT2D eigenvalue weighted by Gasteiger charge is -2.18. The van der Waals surface area contributed by atoms with E-state index in [2.05, 4.69) is 4.98 Å². The zero-order valence-corrected chi connectivity index (χ0v) is 9.93. The molecule has 1 aliphatic heterocycles. The lowest BCUT2D eigenvalue weighted by atomic mass is 10.0. The van der Waals surface area contributed by atoms with Crippen molar-refractivity contribution in [2.75, 3.05) is 13.2 Å². The molecule has 0 N–H and O–H groups in total. The third-order valence-electron chi connectivity index (χ3n) is 2.82. The van der Waals surface area contributed by atoms with Crippen LogP contribution in [-0.2, 0) is 0 Å². The van der Waals surface area contributed by atoms with Crippen molar-refractivity contribution in [2.24, 2.45) is 0 Å². The summed E-state index contributed by atoms with van der Waals surface area (Å²) in [5.41, 5.74) is 0.348. The van der Waals surface area contributed by atoms with E-state index in [4.69, 9.17) is 9.47 Å². The molecule has 0 saturated heterocycles. The normalized spacial score (nSPS) is 13.1. The molecule has 0 saturated carbocycles. The maximum absolute atomic E-state index is 13.5. The molecule has 3 rings (SSSR count). The van der Waals surface area contributed by atoms with Gasteiger partial charge in [0.2, 0.25) is 0 Å². The number of carbonyl (C=O) groups is 1. The quantitative estimate of drug-likeness (QED) is 0.776. The molecule has 2 aromatic rings. The number of fused-ring (bicyclic) bond motifs is 1. The van der Waals surface area contributed by atoms with E-state index in [0.717, 1.165) is 6.20 Å². The topological polar surface area (TPSA) is 48.4 Å². The minimum atomic E-state index is -0.637. The van der Waals surface area contributed by atoms with E-state index in [-0.39, 0.29) is 5.56 Å². The van der Waals surface area contributed by atoms with Gasteiger partial charge in [-0.2, -0.15) is 0 Å². The average Bonchev–Trinajstić information content (AvgIpc) is 2.46. The SMILES string of the molecule is O=C(c1ccc2c(c1)OCCO2)c1ccncc1F. The van der Waals surface area contributed by atoms with Gasteiger partial charge in [0.15, 0.2) is 23.1 Å². The molecule has 1 aromatic carbocycles. The summed E-state index contributed by atoms with van der Waals surface area (Å²) in [6, 6.07) is 6.17. The molecule has 96 valence electrons. The largest absolute Gasteiger partial charge is 0.486 e. The van der Waals surface area contributed by atoms with Crippen molar-refractivity contribution in [2.45, 2.75) is 0 Å². The van der Waals surface area contributed by atoms with E-state index >= 15 is 0 Å². The zero-order valence-electron chi connectivity index (χ0n) is 9.93. The predicted octanol–water partition coefficient (Wildman–Crippen LogP) is 2.22. The van der Waals surface area contributed by atoms with Crippen LogP contribution in [0.3, 0.4) is 0 Å². The van der Waals surface area contributed by atoms with Crippen LogP contribution in [0.25, 0.3) is 0 Å². The van der Waals surface area contributed by atoms with Crippen molar-refractivity contribution in [3.8, 4) is 11.5 Å². The fourth-order valence-corrected chi connectivity index (χ4v) is 1.90. The number of hydrogen-bond donors (Lipinski definition) is 0. The third-order valence-corrected chi connectivity index (χ3v) is 2.82. The van der Waals surface area contributed by atoms with Crippen molar-refractivity contribution in [1.29, 1.82) is 0 Å². The van der Waals surface area contributed by atoms with E-state index < -0.39 is 11.6 Å². The second-order valence-corrected chi connectivity index (χ2v) is 4.04. The summed E-state index contributed by atoms with van der Waals surface area (Å²) in [7, 11) is 0. The van der Waals surface area contributed by atoms with Gasteiger partial charge in [-0.15, -0.1) is 0 Å². The molecule has 19 heavy (non-hydrogen) atoms. The first-order valence-corrected chi connectivity index (χ1v) is 5.79. The van der Waals surface area contributed by atoms with Crippen molar-refractivity contribution < 1.29 is 18.7 Å². The fourth-order valence-electron chi connectivity index (χ4n) is 1.90. The molecule has 1 aliphatic rings. The van der Waals surface area contributed by atoms with E-state index in [1.54, 1.807) is 18.2 Å². The summed E-state index contributed by atoms with van der Waals surface area (Å²) in [5.74, 6) is 0.0591. The van der Waals surface area contributed by atoms with Crippen LogP contribution < -0.4 is 9.47 Å². The Kier molecular flexibility index (Phi) is 2.87. The molecule has 0 amide bonds. The summed E-state index contributed by atoms with van der Waals surface area (Å²) in [6.07, 6.45) is 2.40. The molecule has 2 heterocycles. The molecule has 0 atom stereocenters. The van der Waals surface area contributed by atoms with Crippen LogP contribution in [-0.4, -0.2) is 24.0 Å². The smallest absolute Gasteiger partial charge is 0.196 e. The van der Waals surface area contributed by atoms with Crippen LogP contribution in [0.15, 0.2) is 36.7 Å². The molecule has 0 fully saturated rings. The Balaban J connectivity index is 1.98. The highest BCUT2D eigenvalue weighted by atomic mass is 19.1. The molecule has 1 aromatic heterocycles. The van der Waals surface area contributed by atoms with Crippen LogP contribution in [0, 0.1) is 5.82 Å². The van der Waals surface area contributed by atoms with Gasteiger partial charge in [0.25, 0.3) is 0 Å². The highest BCUT2D eigenvalue weighted by molar-refractivity contribution is 6.09. The Hall–Kier alpha value is -2.43. The van der Waals surface area contributed by atoms with Gasteiger partial charge in [-0.05, 0) is 24.3 Å². The van der Waals surface area contributed by atoms with Gasteiger partial charge in [0.05, 0.1) is 11.8 Å². The van der Waals surface area contributed by atoms with Gasteiger partial charge in [0.1, 0.15) is 13.2 Å². The number of nitrogens with zero attached hydrogens (tertiary/aromatic N) is 1. The predicted molar refractivity (Wildman–Crippen MR) is 65.1 cm³/mol. The summed E-state index contributed by atoms with van der Waals surface area (Å²) < 4.78 is 24.3. The van der Waals surface area contributed by atoms with Crippen LogP contribution in [0.5, 0.6) is 11.5 Å². The van der Waals surface area contributed by atoms with Crippen LogP contribution >= 0.6 is 0 Å². The molecule has 0 spiro atoms. The van der Waals surface area contributed by atoms with Crippen LogP contribution in [0.2, 0.25) is 0 Å². The van der Waals surface area contributed by atoms with E-state index in [0.29, 0.717) is 30.3 Å². The average molecular weight is 259 g/mol. The highest BCUT2D eigenvalue weighted by Gasteiger charge is 2.18. The first kappa shape index (κ1) is 11.6. The van der Waals surface area contributed by atoms with Crippen molar-refractivity contribution in [1.82, 2.24) is 4.98 Å². The van der Waals surface area contributed by atoms with Crippen LogP contribution in [0.1, 0.15) is 15.9 Å². The number of carbonyl (C=O) groups excluding carboxylic acids is 1. The number of rotatable bonds is 2. The van der Waals surface area contributed by atoms with Crippen LogP contribution in [0.4, 0.5) is 4.39 Å². The fraction of sp³-hybridized carbons (Fsp3) is 0.143. The maximum Gasteiger partial charge on any atom is 0.196 e. The molecular weight excluding hydrogens is 249 g/mol. The Morgan fingerprint density at radius 3 is 2.74 bits per heavy atom. The van der Waals surface area contributed by atoms with Gasteiger partial charge in [-0.25, -0.2) is 4.39 Å². The first-order valence-electron chi connectivity index (χ1n) is 5.79. The summed E-state index contributed by atoms with van der Waals surface area (Å²) >= 11 is 0. The number of hydrogen-bond acceptors (Lipinski definition) is 4. The Labute approximate surface area is 108 Å². The second-order valence-electron chi connectivity index (χ2n) is 4.04. The number of halogens is 1. The van der Waals surface area contributed by atoms with Gasteiger partial charge in [-0.3, -0.25) is 9.78 Å². The monoisotopic (exact) mass is 259 g/mol. The van der Waals surface area contributed by atoms with E-state index in [9.17, 15) is 9.18 Å². The Morgan fingerprint density at radius 1 is 1.16 bits per heavy atom. The molecule has 5 heteroatoms.